The minimum Gasteiger partial charge on any atom is -0.349 e. The average Bonchev–Trinajstić information content (AvgIpc) is 3.10. The van der Waals surface area contributed by atoms with E-state index >= 15 is 0 Å². The molecule has 6 nitrogen and oxygen atoms in total. The van der Waals surface area contributed by atoms with Crippen molar-refractivity contribution in [3.63, 3.8) is 0 Å². The second-order valence-corrected chi connectivity index (χ2v) is 7.06. The number of carbonyl (C=O) groups is 1. The van der Waals surface area contributed by atoms with Gasteiger partial charge >= 0.3 is 0 Å². The highest BCUT2D eigenvalue weighted by molar-refractivity contribution is 5.94. The first kappa shape index (κ1) is 15.3. The van der Waals surface area contributed by atoms with Gasteiger partial charge in [-0.3, -0.25) is 9.36 Å². The second kappa shape index (κ2) is 6.36. The molecule has 0 aromatic carbocycles. The third kappa shape index (κ3) is 2.94. The van der Waals surface area contributed by atoms with E-state index in [9.17, 15) is 4.79 Å². The van der Waals surface area contributed by atoms with Gasteiger partial charge in [0.1, 0.15) is 12.1 Å². The molecule has 2 aromatic rings. The van der Waals surface area contributed by atoms with E-state index in [-0.39, 0.29) is 11.9 Å². The lowest BCUT2D eigenvalue weighted by Crippen LogP contribution is -2.53. The van der Waals surface area contributed by atoms with Gasteiger partial charge in [0.25, 0.3) is 5.91 Å². The van der Waals surface area contributed by atoms with Gasteiger partial charge in [0, 0.05) is 30.7 Å². The monoisotopic (exact) mass is 325 g/mol. The molecule has 126 valence electrons. The molecular formula is C18H23N5O. The van der Waals surface area contributed by atoms with Crippen LogP contribution in [0.25, 0.3) is 5.82 Å². The van der Waals surface area contributed by atoms with Gasteiger partial charge in [-0.15, -0.1) is 0 Å². The molecule has 6 heteroatoms. The van der Waals surface area contributed by atoms with E-state index in [2.05, 4.69) is 15.3 Å². The number of nitrogens with two attached hydrogens (primary N) is 1. The molecule has 2 aromatic heterocycles. The molecule has 0 radical (unpaired) electrons. The Morgan fingerprint density at radius 2 is 2.04 bits per heavy atom. The first-order valence-electron chi connectivity index (χ1n) is 8.71. The molecule has 2 fully saturated rings. The van der Waals surface area contributed by atoms with Crippen molar-refractivity contribution in [2.75, 3.05) is 0 Å². The predicted octanol–water partition coefficient (Wildman–Crippen LogP) is 1.90. The van der Waals surface area contributed by atoms with Crippen molar-refractivity contribution >= 4 is 5.91 Å². The fraction of sp³-hybridized carbons (Fsp3) is 0.500. The summed E-state index contributed by atoms with van der Waals surface area (Å²) in [6, 6.07) is 4.22. The van der Waals surface area contributed by atoms with Crippen LogP contribution in [0.3, 0.4) is 0 Å². The number of pyridine rings is 1. The topological polar surface area (TPSA) is 85.8 Å². The van der Waals surface area contributed by atoms with Crippen molar-refractivity contribution in [1.82, 2.24) is 19.9 Å². The molecule has 0 spiro atoms. The molecular weight excluding hydrogens is 302 g/mol. The zero-order chi connectivity index (χ0) is 16.5. The summed E-state index contributed by atoms with van der Waals surface area (Å²) in [5.41, 5.74) is 6.77. The number of nitrogens with one attached hydrogen (secondary N) is 1. The molecule has 2 atom stereocenters. The summed E-state index contributed by atoms with van der Waals surface area (Å²) in [5.74, 6) is 1.77. The van der Waals surface area contributed by atoms with Crippen LogP contribution in [0.2, 0.25) is 0 Å². The molecule has 1 amide bonds. The maximum atomic E-state index is 12.6. The summed E-state index contributed by atoms with van der Waals surface area (Å²) in [5, 5.41) is 3.26. The Kier molecular flexibility index (Phi) is 4.06. The van der Waals surface area contributed by atoms with Gasteiger partial charge in [-0.2, -0.15) is 0 Å². The smallest absolute Gasteiger partial charge is 0.253 e. The molecule has 2 bridgehead atoms. The normalized spacial score (nSPS) is 29.2. The largest absolute Gasteiger partial charge is 0.349 e. The summed E-state index contributed by atoms with van der Waals surface area (Å²) in [7, 11) is 0. The lowest BCUT2D eigenvalue weighted by molar-refractivity contribution is 0.0755. The molecule has 24 heavy (non-hydrogen) atoms. The van der Waals surface area contributed by atoms with Crippen LogP contribution in [0.4, 0.5) is 0 Å². The summed E-state index contributed by atoms with van der Waals surface area (Å²) < 4.78 is 1.81. The first-order valence-corrected chi connectivity index (χ1v) is 8.71. The summed E-state index contributed by atoms with van der Waals surface area (Å²) in [4.78, 5) is 21.0. The van der Waals surface area contributed by atoms with Crippen LogP contribution >= 0.6 is 0 Å². The fourth-order valence-corrected chi connectivity index (χ4v) is 4.33. The molecule has 3 N–H and O–H groups in total. The van der Waals surface area contributed by atoms with E-state index in [1.165, 1.54) is 19.3 Å². The van der Waals surface area contributed by atoms with Crippen LogP contribution in [0.5, 0.6) is 0 Å². The van der Waals surface area contributed by atoms with Crippen molar-refractivity contribution in [2.45, 2.75) is 44.2 Å². The van der Waals surface area contributed by atoms with Crippen LogP contribution in [0, 0.1) is 11.8 Å². The molecule has 4 rings (SSSR count). The van der Waals surface area contributed by atoms with Gasteiger partial charge in [0.15, 0.2) is 0 Å². The lowest BCUT2D eigenvalue weighted by Gasteiger charge is -2.45. The Morgan fingerprint density at radius 1 is 1.25 bits per heavy atom. The number of hydrogen-bond donors (Lipinski definition) is 2. The maximum absolute atomic E-state index is 12.6. The van der Waals surface area contributed by atoms with Crippen LogP contribution < -0.4 is 11.1 Å². The maximum Gasteiger partial charge on any atom is 0.253 e. The number of amides is 1. The Hall–Kier alpha value is -2.21. The number of rotatable bonds is 3. The number of hydrogen-bond acceptors (Lipinski definition) is 4. The van der Waals surface area contributed by atoms with E-state index in [1.54, 1.807) is 18.7 Å². The molecule has 2 aliphatic carbocycles. The summed E-state index contributed by atoms with van der Waals surface area (Å²) >= 11 is 0. The highest BCUT2D eigenvalue weighted by atomic mass is 16.1. The van der Waals surface area contributed by atoms with Gasteiger partial charge in [-0.1, -0.05) is 6.42 Å². The van der Waals surface area contributed by atoms with E-state index in [4.69, 9.17) is 5.73 Å². The first-order chi connectivity index (χ1) is 11.7. The Balaban J connectivity index is 1.46. The highest BCUT2D eigenvalue weighted by Gasteiger charge is 2.39. The van der Waals surface area contributed by atoms with E-state index in [0.29, 0.717) is 23.4 Å². The summed E-state index contributed by atoms with van der Waals surface area (Å²) in [6.45, 7) is 0. The van der Waals surface area contributed by atoms with Crippen molar-refractivity contribution in [3.05, 3.63) is 42.6 Å². The van der Waals surface area contributed by atoms with Gasteiger partial charge in [0.05, 0.1) is 5.56 Å². The van der Waals surface area contributed by atoms with Crippen molar-refractivity contribution < 1.29 is 4.79 Å². The fourth-order valence-electron chi connectivity index (χ4n) is 4.33. The molecule has 2 heterocycles. The van der Waals surface area contributed by atoms with Crippen LogP contribution in [-0.2, 0) is 0 Å². The Bertz CT molecular complexity index is 683. The predicted molar refractivity (Wildman–Crippen MR) is 90.7 cm³/mol. The van der Waals surface area contributed by atoms with Crippen molar-refractivity contribution in [2.24, 2.45) is 17.6 Å². The molecule has 2 saturated carbocycles. The second-order valence-electron chi connectivity index (χ2n) is 7.06. The standard InChI is InChI=1S/C18H23N5O/c19-15-8-12-2-1-3-13(9-15)17(12)22-18(24)14-4-5-16(21-10-14)23-7-6-20-11-23/h4-7,10-13,15,17H,1-3,8-9,19H2,(H,22,24). The minimum absolute atomic E-state index is 0.0305. The molecule has 2 aliphatic rings. The van der Waals surface area contributed by atoms with E-state index in [0.717, 1.165) is 18.7 Å². The quantitative estimate of drug-likeness (QED) is 0.902. The highest BCUT2D eigenvalue weighted by Crippen LogP contribution is 2.39. The van der Waals surface area contributed by atoms with Crippen molar-refractivity contribution in [1.29, 1.82) is 0 Å². The Morgan fingerprint density at radius 3 is 2.67 bits per heavy atom. The Labute approximate surface area is 141 Å². The van der Waals surface area contributed by atoms with Gasteiger partial charge in [-0.25, -0.2) is 9.97 Å². The number of nitrogens with zero attached hydrogens (tertiary/aromatic N) is 3. The molecule has 0 aliphatic heterocycles. The minimum atomic E-state index is -0.0305. The van der Waals surface area contributed by atoms with Crippen molar-refractivity contribution in [3.8, 4) is 5.82 Å². The van der Waals surface area contributed by atoms with Gasteiger partial charge in [0.2, 0.25) is 0 Å². The molecule has 0 saturated heterocycles. The van der Waals surface area contributed by atoms with E-state index < -0.39 is 0 Å². The molecule has 2 unspecified atom stereocenters. The van der Waals surface area contributed by atoms with E-state index in [1.807, 2.05) is 22.9 Å². The van der Waals surface area contributed by atoms with Crippen LogP contribution in [0.1, 0.15) is 42.5 Å². The van der Waals surface area contributed by atoms with Crippen LogP contribution in [-0.4, -0.2) is 32.5 Å². The average molecular weight is 325 g/mol. The number of aromatic nitrogens is 3. The third-order valence-corrected chi connectivity index (χ3v) is 5.45. The number of imidazole rings is 1. The zero-order valence-corrected chi connectivity index (χ0v) is 13.6. The number of fused-ring (bicyclic) bond motifs is 2. The third-order valence-electron chi connectivity index (χ3n) is 5.45. The van der Waals surface area contributed by atoms with Gasteiger partial charge < -0.3 is 11.1 Å². The lowest BCUT2D eigenvalue weighted by atomic mass is 9.67. The summed E-state index contributed by atoms with van der Waals surface area (Å²) in [6.07, 6.45) is 12.5. The number of carbonyl (C=O) groups excluding carboxylic acids is 1. The van der Waals surface area contributed by atoms with Crippen LogP contribution in [0.15, 0.2) is 37.1 Å². The zero-order valence-electron chi connectivity index (χ0n) is 13.6. The van der Waals surface area contributed by atoms with Gasteiger partial charge in [-0.05, 0) is 49.7 Å². The SMILES string of the molecule is NC1CC2CCCC(C1)C2NC(=O)c1ccc(-n2ccnc2)nc1.